The second-order valence-electron chi connectivity index (χ2n) is 7.90. The minimum atomic E-state index is 0.246. The maximum atomic E-state index is 6.08. The first-order chi connectivity index (χ1) is 14.5. The average molecular weight is 426 g/mol. The molecule has 0 saturated carbocycles. The molecule has 9 nitrogen and oxygen atoms in total. The summed E-state index contributed by atoms with van der Waals surface area (Å²) in [5.74, 6) is 0.980. The summed E-state index contributed by atoms with van der Waals surface area (Å²) in [5, 5.41) is 5.15. The first-order valence-electron chi connectivity index (χ1n) is 10.1. The molecule has 0 spiro atoms. The third-order valence-corrected chi connectivity index (χ3v) is 5.71. The quantitative estimate of drug-likeness (QED) is 0.414. The molecule has 30 heavy (non-hydrogen) atoms. The van der Waals surface area contributed by atoms with Gasteiger partial charge in [-0.2, -0.15) is 0 Å². The van der Waals surface area contributed by atoms with E-state index in [1.807, 2.05) is 6.07 Å². The second kappa shape index (κ2) is 8.57. The molecular formula is C20H27N9S. The third kappa shape index (κ3) is 3.97. The second-order valence-corrected chi connectivity index (χ2v) is 8.83. The lowest BCUT2D eigenvalue weighted by Crippen LogP contribution is -2.24. The summed E-state index contributed by atoms with van der Waals surface area (Å²) in [6.07, 6.45) is 5.07. The highest BCUT2D eigenvalue weighted by molar-refractivity contribution is 7.99. The van der Waals surface area contributed by atoms with Crippen molar-refractivity contribution in [1.82, 2.24) is 39.4 Å². The zero-order valence-corrected chi connectivity index (χ0v) is 18.5. The maximum absolute atomic E-state index is 6.08. The summed E-state index contributed by atoms with van der Waals surface area (Å²) in [6.45, 7) is 11.2. The Morgan fingerprint density at radius 3 is 2.73 bits per heavy atom. The number of rotatable bonds is 8. The first kappa shape index (κ1) is 20.5. The van der Waals surface area contributed by atoms with E-state index in [4.69, 9.17) is 15.7 Å². The summed E-state index contributed by atoms with van der Waals surface area (Å²) in [5.41, 5.74) is 9.38. The molecule has 0 radical (unpaired) electrons. The monoisotopic (exact) mass is 425 g/mol. The molecule has 10 heteroatoms. The van der Waals surface area contributed by atoms with Gasteiger partial charge in [-0.25, -0.2) is 19.9 Å². The fourth-order valence-electron chi connectivity index (χ4n) is 3.38. The lowest BCUT2D eigenvalue weighted by atomic mass is 10.2. The van der Waals surface area contributed by atoms with Gasteiger partial charge in [0.25, 0.3) is 0 Å². The predicted molar refractivity (Wildman–Crippen MR) is 119 cm³/mol. The van der Waals surface area contributed by atoms with Crippen LogP contribution in [0.3, 0.4) is 0 Å². The van der Waals surface area contributed by atoms with Gasteiger partial charge in [0.15, 0.2) is 27.3 Å². The lowest BCUT2D eigenvalue weighted by molar-refractivity contribution is 0.515. The van der Waals surface area contributed by atoms with Crippen molar-refractivity contribution in [1.29, 1.82) is 0 Å². The normalized spacial score (nSPS) is 12.1. The van der Waals surface area contributed by atoms with Gasteiger partial charge in [-0.3, -0.25) is 4.98 Å². The fraction of sp³-hybridized carbons (Fsp3) is 0.450. The van der Waals surface area contributed by atoms with Crippen molar-refractivity contribution in [2.24, 2.45) is 5.92 Å². The Kier molecular flexibility index (Phi) is 5.87. The largest absolute Gasteiger partial charge is 0.382 e. The minimum Gasteiger partial charge on any atom is -0.382 e. The number of anilines is 1. The van der Waals surface area contributed by atoms with E-state index in [2.05, 4.69) is 57.1 Å². The Hall–Kier alpha value is -2.72. The number of nitrogens with one attached hydrogen (secondary N) is 1. The molecule has 4 heterocycles. The summed E-state index contributed by atoms with van der Waals surface area (Å²) >= 11 is 1.52. The van der Waals surface area contributed by atoms with E-state index in [-0.39, 0.29) is 6.04 Å². The van der Waals surface area contributed by atoms with Gasteiger partial charge in [-0.15, -0.1) is 0 Å². The van der Waals surface area contributed by atoms with Crippen LogP contribution in [0.5, 0.6) is 0 Å². The molecule has 3 N–H and O–H groups in total. The number of pyridine rings is 1. The average Bonchev–Trinajstić information content (AvgIpc) is 3.24. The van der Waals surface area contributed by atoms with Crippen LogP contribution in [0.25, 0.3) is 22.2 Å². The summed E-state index contributed by atoms with van der Waals surface area (Å²) in [4.78, 5) is 22.3. The molecule has 0 saturated heterocycles. The van der Waals surface area contributed by atoms with Crippen molar-refractivity contribution in [3.05, 3.63) is 24.8 Å². The molecule has 4 aromatic heterocycles. The number of imidazole rings is 2. The molecule has 158 valence electrons. The number of nitrogens with zero attached hydrogens (tertiary/aromatic N) is 7. The summed E-state index contributed by atoms with van der Waals surface area (Å²) < 4.78 is 4.30. The van der Waals surface area contributed by atoms with Crippen LogP contribution >= 0.6 is 11.8 Å². The highest BCUT2D eigenvalue weighted by Gasteiger charge is 2.20. The van der Waals surface area contributed by atoms with Crippen LogP contribution in [0.4, 0.5) is 5.82 Å². The molecule has 0 fully saturated rings. The van der Waals surface area contributed by atoms with E-state index < -0.39 is 0 Å². The number of aromatic nitrogens is 7. The van der Waals surface area contributed by atoms with Crippen molar-refractivity contribution >= 4 is 39.8 Å². The van der Waals surface area contributed by atoms with E-state index in [0.29, 0.717) is 17.3 Å². The zero-order chi connectivity index (χ0) is 21.3. The highest BCUT2D eigenvalue weighted by Crippen LogP contribution is 2.34. The van der Waals surface area contributed by atoms with Crippen LogP contribution in [-0.4, -0.2) is 47.1 Å². The van der Waals surface area contributed by atoms with Gasteiger partial charge in [0.2, 0.25) is 0 Å². The number of nitrogen functional groups attached to an aromatic ring is 1. The number of fused-ring (bicyclic) bond motifs is 2. The SMILES string of the molecule is CC(C)CNCCn1c(Sc2nc3cnccc3n2C(C)C)nc2c(N)ncnc21. The molecule has 0 atom stereocenters. The van der Waals surface area contributed by atoms with Gasteiger partial charge >= 0.3 is 0 Å². The van der Waals surface area contributed by atoms with Gasteiger partial charge < -0.3 is 20.2 Å². The molecule has 4 aromatic rings. The van der Waals surface area contributed by atoms with Gasteiger partial charge in [-0.05, 0) is 44.1 Å². The predicted octanol–water partition coefficient (Wildman–Crippen LogP) is 3.13. The van der Waals surface area contributed by atoms with Crippen LogP contribution in [0, 0.1) is 5.92 Å². The topological polar surface area (TPSA) is 112 Å². The smallest absolute Gasteiger partial charge is 0.178 e. The van der Waals surface area contributed by atoms with E-state index in [1.165, 1.54) is 18.1 Å². The molecule has 0 aliphatic carbocycles. The Morgan fingerprint density at radius 2 is 1.97 bits per heavy atom. The van der Waals surface area contributed by atoms with Crippen LogP contribution in [0.15, 0.2) is 35.1 Å². The van der Waals surface area contributed by atoms with Crippen LogP contribution in [0.2, 0.25) is 0 Å². The van der Waals surface area contributed by atoms with E-state index >= 15 is 0 Å². The first-order valence-corrected chi connectivity index (χ1v) is 10.9. The molecule has 0 aliphatic heterocycles. The molecule has 0 bridgehead atoms. The zero-order valence-electron chi connectivity index (χ0n) is 17.7. The Bertz CT molecular complexity index is 1160. The summed E-state index contributed by atoms with van der Waals surface area (Å²) in [7, 11) is 0. The standard InChI is InChI=1S/C20H27N9S/c1-12(2)9-23-7-8-28-18-16(17(21)24-11-25-18)27-19(28)30-20-26-14-10-22-6-5-15(14)29(20)13(3)4/h5-6,10-13,23H,7-9H2,1-4H3,(H2,21,24,25). The highest BCUT2D eigenvalue weighted by atomic mass is 32.2. The molecule has 4 rings (SSSR count). The Balaban J connectivity index is 1.73. The van der Waals surface area contributed by atoms with Gasteiger partial charge in [0, 0.05) is 25.3 Å². The number of hydrogen-bond donors (Lipinski definition) is 2. The maximum Gasteiger partial charge on any atom is 0.178 e. The fourth-order valence-corrected chi connectivity index (χ4v) is 4.52. The molecule has 0 aliphatic rings. The minimum absolute atomic E-state index is 0.246. The molecule has 0 aromatic carbocycles. The lowest BCUT2D eigenvalue weighted by Gasteiger charge is -2.13. The van der Waals surface area contributed by atoms with Crippen molar-refractivity contribution in [3.8, 4) is 0 Å². The third-order valence-electron chi connectivity index (χ3n) is 4.75. The summed E-state index contributed by atoms with van der Waals surface area (Å²) in [6, 6.07) is 2.24. The van der Waals surface area contributed by atoms with E-state index in [9.17, 15) is 0 Å². The van der Waals surface area contributed by atoms with Crippen LogP contribution < -0.4 is 11.1 Å². The molecule has 0 unspecified atom stereocenters. The van der Waals surface area contributed by atoms with Crippen LogP contribution in [-0.2, 0) is 6.54 Å². The van der Waals surface area contributed by atoms with Crippen molar-refractivity contribution < 1.29 is 0 Å². The van der Waals surface area contributed by atoms with Gasteiger partial charge in [-0.1, -0.05) is 13.8 Å². The Morgan fingerprint density at radius 1 is 1.13 bits per heavy atom. The van der Waals surface area contributed by atoms with Crippen molar-refractivity contribution in [2.75, 3.05) is 18.8 Å². The number of nitrogens with two attached hydrogens (primary N) is 1. The van der Waals surface area contributed by atoms with E-state index in [0.717, 1.165) is 46.6 Å². The molecule has 0 amide bonds. The van der Waals surface area contributed by atoms with Gasteiger partial charge in [0.1, 0.15) is 11.8 Å². The van der Waals surface area contributed by atoms with Crippen LogP contribution in [0.1, 0.15) is 33.7 Å². The Labute approximate surface area is 179 Å². The van der Waals surface area contributed by atoms with Crippen molar-refractivity contribution in [2.45, 2.75) is 50.6 Å². The van der Waals surface area contributed by atoms with Gasteiger partial charge in [0.05, 0.1) is 11.7 Å². The molecular weight excluding hydrogens is 398 g/mol. The van der Waals surface area contributed by atoms with Crippen molar-refractivity contribution in [3.63, 3.8) is 0 Å². The number of hydrogen-bond acceptors (Lipinski definition) is 8. The van der Waals surface area contributed by atoms with E-state index in [1.54, 1.807) is 12.4 Å².